The van der Waals surface area contributed by atoms with Crippen molar-refractivity contribution < 1.29 is 37.1 Å². The molecule has 0 aromatic rings. The van der Waals surface area contributed by atoms with E-state index in [1.165, 1.54) is 11.8 Å². The lowest BCUT2D eigenvalue weighted by molar-refractivity contribution is -0.176. The van der Waals surface area contributed by atoms with Crippen LogP contribution in [0, 0.1) is 34.5 Å². The molecule has 0 aromatic heterocycles. The number of rotatable bonds is 9. The topological polar surface area (TPSA) is 141 Å². The van der Waals surface area contributed by atoms with Crippen LogP contribution in [-0.2, 0) is 23.9 Å². The molecular weight excluding hydrogens is 519 g/mol. The summed E-state index contributed by atoms with van der Waals surface area (Å²) in [6.45, 7) is 9.17. The molecule has 0 unspecified atom stereocenters. The third-order valence-electron chi connectivity index (χ3n) is 8.55. The highest BCUT2D eigenvalue weighted by Gasteiger charge is 2.70. The number of nitrogens with zero attached hydrogens (tertiary/aromatic N) is 2. The highest BCUT2D eigenvalue weighted by atomic mass is 19.4. The van der Waals surface area contributed by atoms with E-state index in [-0.39, 0.29) is 42.2 Å². The molecule has 4 fully saturated rings. The summed E-state index contributed by atoms with van der Waals surface area (Å²) in [5, 5.41) is 17.0. The van der Waals surface area contributed by atoms with E-state index in [4.69, 9.17) is 4.74 Å². The van der Waals surface area contributed by atoms with Crippen LogP contribution in [0.25, 0.3) is 0 Å². The van der Waals surface area contributed by atoms with Crippen LogP contribution in [0.2, 0.25) is 0 Å². The van der Waals surface area contributed by atoms with Crippen molar-refractivity contribution >= 4 is 23.6 Å². The number of carbonyl (C=O) groups is 4. The van der Waals surface area contributed by atoms with Crippen LogP contribution < -0.4 is 16.0 Å². The number of carbonyl (C=O) groups excluding carboxylic acids is 4. The first-order chi connectivity index (χ1) is 18.0. The predicted octanol–water partition coefficient (Wildman–Crippen LogP) is 1.40. The highest BCUT2D eigenvalue weighted by molar-refractivity contribution is 5.95. The number of hydrogen-bond donors (Lipinski definition) is 3. The number of nitriles is 1. The minimum atomic E-state index is -5.20. The zero-order valence-corrected chi connectivity index (χ0v) is 22.7. The molecule has 39 heavy (non-hydrogen) atoms. The molecule has 2 saturated carbocycles. The van der Waals surface area contributed by atoms with Crippen molar-refractivity contribution in [1.29, 1.82) is 5.26 Å². The van der Waals surface area contributed by atoms with Gasteiger partial charge in [-0.15, -0.1) is 0 Å². The lowest BCUT2D eigenvalue weighted by Gasteiger charge is -2.35. The maximum atomic E-state index is 13.7. The molecule has 13 heteroatoms. The maximum Gasteiger partial charge on any atom is 0.471 e. The van der Waals surface area contributed by atoms with Crippen molar-refractivity contribution in [2.24, 2.45) is 23.2 Å². The smallest absolute Gasteiger partial charge is 0.373 e. The molecular formula is C26H36F3N5O5. The molecule has 7 atom stereocenters. The third-order valence-corrected chi connectivity index (χ3v) is 8.55. The summed E-state index contributed by atoms with van der Waals surface area (Å²) in [5.41, 5.74) is -0.724. The zero-order chi connectivity index (χ0) is 29.1. The molecule has 0 aromatic carbocycles. The van der Waals surface area contributed by atoms with Gasteiger partial charge in [0, 0.05) is 18.0 Å². The number of ether oxygens (including phenoxy) is 1. The van der Waals surface area contributed by atoms with Crippen molar-refractivity contribution in [1.82, 2.24) is 20.9 Å². The molecule has 4 rings (SSSR count). The lowest BCUT2D eigenvalue weighted by atomic mass is 9.91. The van der Waals surface area contributed by atoms with Gasteiger partial charge in [0.05, 0.1) is 18.3 Å². The summed E-state index contributed by atoms with van der Waals surface area (Å²) in [4.78, 5) is 52.6. The Bertz CT molecular complexity index is 1080. The Balaban J connectivity index is 1.52. The van der Waals surface area contributed by atoms with Crippen LogP contribution >= 0.6 is 0 Å². The molecule has 216 valence electrons. The summed E-state index contributed by atoms with van der Waals surface area (Å²) >= 11 is 0. The molecule has 0 radical (unpaired) electrons. The lowest BCUT2D eigenvalue weighted by Crippen LogP contribution is -2.60. The van der Waals surface area contributed by atoms with Crippen LogP contribution in [0.3, 0.4) is 0 Å². The summed E-state index contributed by atoms with van der Waals surface area (Å²) in [6.07, 6.45) is -4.46. The average molecular weight is 556 g/mol. The molecule has 0 bridgehead atoms. The van der Waals surface area contributed by atoms with Crippen molar-refractivity contribution in [3.8, 4) is 6.07 Å². The van der Waals surface area contributed by atoms with Crippen LogP contribution in [0.5, 0.6) is 0 Å². The van der Waals surface area contributed by atoms with E-state index in [9.17, 15) is 37.6 Å². The van der Waals surface area contributed by atoms with Crippen LogP contribution in [0.4, 0.5) is 13.2 Å². The Morgan fingerprint density at radius 2 is 1.85 bits per heavy atom. The first kappa shape index (κ1) is 29.1. The van der Waals surface area contributed by atoms with Gasteiger partial charge in [0.25, 0.3) is 0 Å². The molecule has 0 spiro atoms. The Morgan fingerprint density at radius 1 is 1.21 bits per heavy atom. The second-order valence-corrected chi connectivity index (χ2v) is 12.6. The summed E-state index contributed by atoms with van der Waals surface area (Å²) < 4.78 is 44.9. The van der Waals surface area contributed by atoms with Crippen molar-refractivity contribution in [2.45, 2.75) is 102 Å². The van der Waals surface area contributed by atoms with Crippen LogP contribution in [0.1, 0.15) is 60.3 Å². The fourth-order valence-corrected chi connectivity index (χ4v) is 6.25. The van der Waals surface area contributed by atoms with Gasteiger partial charge in [-0.2, -0.15) is 18.4 Å². The number of alkyl halides is 3. The summed E-state index contributed by atoms with van der Waals surface area (Å²) in [5.74, 6) is -4.73. The van der Waals surface area contributed by atoms with Crippen molar-refractivity contribution in [3.63, 3.8) is 0 Å². The summed E-state index contributed by atoms with van der Waals surface area (Å²) in [7, 11) is 0. The van der Waals surface area contributed by atoms with Crippen molar-refractivity contribution in [3.05, 3.63) is 0 Å². The number of halogens is 3. The van der Waals surface area contributed by atoms with Gasteiger partial charge in [0.1, 0.15) is 18.1 Å². The van der Waals surface area contributed by atoms with Crippen LogP contribution in [0.15, 0.2) is 0 Å². The number of amides is 4. The predicted molar refractivity (Wildman–Crippen MR) is 130 cm³/mol. The molecule has 2 saturated heterocycles. The number of nitrogens with one attached hydrogen (secondary N) is 3. The number of piperidine rings is 1. The number of likely N-dealkylation sites (tertiary alicyclic amines) is 1. The SMILES string of the molecule is C[C@@H](OC1CC1)[C@@H](NC(=O)C(F)(F)F)C(=O)N1C[C@H]2[C@@H]([C@H]1C(=O)N[C@H](C#N)C[C@@H]1CC(C)(C)NC1=O)C2(C)C. The monoisotopic (exact) mass is 555 g/mol. The van der Waals surface area contributed by atoms with E-state index in [1.807, 2.05) is 33.8 Å². The quantitative estimate of drug-likeness (QED) is 0.393. The Morgan fingerprint density at radius 3 is 2.36 bits per heavy atom. The van der Waals surface area contributed by atoms with Gasteiger partial charge in [-0.1, -0.05) is 13.8 Å². The van der Waals surface area contributed by atoms with E-state index < -0.39 is 59.6 Å². The fraction of sp³-hybridized carbons (Fsp3) is 0.808. The second-order valence-electron chi connectivity index (χ2n) is 12.6. The standard InChI is InChI=1S/C26H36F3N5O5/c1-12(39-15-6-7-15)18(32-23(38)26(27,28)29)22(37)34-11-16-17(25(16,4)5)19(34)21(36)31-14(10-30)8-13-9-24(2,3)33-20(13)35/h12-19H,6-9,11H2,1-5H3,(H,31,36)(H,32,38)(H,33,35)/t12-,13-,14+,16+,17+,18-,19+/m1/s1. The van der Waals surface area contributed by atoms with Gasteiger partial charge in [0.15, 0.2) is 0 Å². The van der Waals surface area contributed by atoms with E-state index >= 15 is 0 Å². The molecule has 2 aliphatic heterocycles. The second kappa shape index (κ2) is 9.94. The molecule has 2 aliphatic carbocycles. The zero-order valence-electron chi connectivity index (χ0n) is 22.7. The normalized spacial score (nSPS) is 30.8. The van der Waals surface area contributed by atoms with Gasteiger partial charge in [0.2, 0.25) is 17.7 Å². The Hall–Kier alpha value is -2.88. The van der Waals surface area contributed by atoms with Gasteiger partial charge in [-0.05, 0) is 63.7 Å². The highest BCUT2D eigenvalue weighted by Crippen LogP contribution is 2.65. The summed E-state index contributed by atoms with van der Waals surface area (Å²) in [6, 6.07) is -1.67. The van der Waals surface area contributed by atoms with Crippen molar-refractivity contribution in [2.75, 3.05) is 6.54 Å². The largest absolute Gasteiger partial charge is 0.471 e. The minimum absolute atomic E-state index is 0.0715. The maximum absolute atomic E-state index is 13.7. The number of hydrogen-bond acceptors (Lipinski definition) is 6. The van der Waals surface area contributed by atoms with E-state index in [0.717, 1.165) is 0 Å². The van der Waals surface area contributed by atoms with Gasteiger partial charge in [-0.25, -0.2) is 0 Å². The van der Waals surface area contributed by atoms with Gasteiger partial charge >= 0.3 is 12.1 Å². The average Bonchev–Trinajstić information content (AvgIpc) is 3.62. The third kappa shape index (κ3) is 6.00. The van der Waals surface area contributed by atoms with E-state index in [1.54, 1.807) is 5.32 Å². The first-order valence-electron chi connectivity index (χ1n) is 13.3. The van der Waals surface area contributed by atoms with Gasteiger partial charge < -0.3 is 25.6 Å². The Labute approximate surface area is 225 Å². The molecule has 10 nitrogen and oxygen atoms in total. The fourth-order valence-electron chi connectivity index (χ4n) is 6.25. The van der Waals surface area contributed by atoms with Gasteiger partial charge in [-0.3, -0.25) is 19.2 Å². The Kier molecular flexibility index (Phi) is 7.42. The molecule has 4 aliphatic rings. The molecule has 3 N–H and O–H groups in total. The van der Waals surface area contributed by atoms with E-state index in [0.29, 0.717) is 19.3 Å². The molecule has 2 heterocycles. The first-order valence-corrected chi connectivity index (χ1v) is 13.3. The number of fused-ring (bicyclic) bond motifs is 1. The van der Waals surface area contributed by atoms with E-state index in [2.05, 4.69) is 10.6 Å². The van der Waals surface area contributed by atoms with Crippen LogP contribution in [-0.4, -0.2) is 77.1 Å². The molecule has 4 amide bonds. The minimum Gasteiger partial charge on any atom is -0.373 e.